The first-order valence-electron chi connectivity index (χ1n) is 6.83. The van der Waals surface area contributed by atoms with Gasteiger partial charge in [0.15, 0.2) is 5.78 Å². The second-order valence-corrected chi connectivity index (χ2v) is 5.26. The quantitative estimate of drug-likeness (QED) is 0.815. The van der Waals surface area contributed by atoms with Crippen LogP contribution in [0.2, 0.25) is 0 Å². The van der Waals surface area contributed by atoms with Gasteiger partial charge in [0.05, 0.1) is 0 Å². The molecule has 5 nitrogen and oxygen atoms in total. The van der Waals surface area contributed by atoms with Crippen molar-refractivity contribution in [2.75, 3.05) is 7.05 Å². The van der Waals surface area contributed by atoms with Crippen molar-refractivity contribution < 1.29 is 19.5 Å². The third-order valence-electron chi connectivity index (χ3n) is 3.59. The lowest BCUT2D eigenvalue weighted by Crippen LogP contribution is -2.40. The number of aryl methyl sites for hydroxylation is 2. The second-order valence-electron chi connectivity index (χ2n) is 5.26. The van der Waals surface area contributed by atoms with Crippen LogP contribution in [0.15, 0.2) is 18.2 Å². The molecule has 5 heteroatoms. The molecule has 1 aromatic rings. The van der Waals surface area contributed by atoms with Crippen molar-refractivity contribution in [2.45, 2.75) is 39.7 Å². The molecule has 0 aliphatic rings. The van der Waals surface area contributed by atoms with Gasteiger partial charge in [-0.1, -0.05) is 17.7 Å². The maximum absolute atomic E-state index is 12.2. The van der Waals surface area contributed by atoms with E-state index in [9.17, 15) is 14.4 Å². The molecule has 1 rings (SSSR count). The maximum Gasteiger partial charge on any atom is 0.326 e. The number of rotatable bonds is 6. The van der Waals surface area contributed by atoms with Crippen LogP contribution in [0.4, 0.5) is 0 Å². The van der Waals surface area contributed by atoms with E-state index in [-0.39, 0.29) is 24.5 Å². The number of aliphatic carboxylic acids is 1. The molecule has 0 bridgehead atoms. The molecule has 1 N–H and O–H groups in total. The van der Waals surface area contributed by atoms with Gasteiger partial charge in [0, 0.05) is 25.5 Å². The number of carboxylic acid groups (broad SMARTS) is 1. The van der Waals surface area contributed by atoms with Crippen LogP contribution >= 0.6 is 0 Å². The summed E-state index contributed by atoms with van der Waals surface area (Å²) in [4.78, 5) is 36.0. The Balaban J connectivity index is 2.66. The number of carbonyl (C=O) groups excluding carboxylic acids is 2. The number of ketones is 1. The minimum atomic E-state index is -1.06. The lowest BCUT2D eigenvalue weighted by Gasteiger charge is -2.21. The predicted octanol–water partition coefficient (Wildman–Crippen LogP) is 2.20. The number of amides is 1. The smallest absolute Gasteiger partial charge is 0.326 e. The molecule has 1 aromatic carbocycles. The Bertz CT molecular complexity index is 565. The Hall–Kier alpha value is -2.17. The van der Waals surface area contributed by atoms with Gasteiger partial charge in [-0.25, -0.2) is 4.79 Å². The minimum Gasteiger partial charge on any atom is -0.480 e. The van der Waals surface area contributed by atoms with Crippen LogP contribution < -0.4 is 0 Å². The predicted molar refractivity (Wildman–Crippen MR) is 79.3 cm³/mol. The van der Waals surface area contributed by atoms with Crippen molar-refractivity contribution in [2.24, 2.45) is 0 Å². The van der Waals surface area contributed by atoms with E-state index in [2.05, 4.69) is 0 Å². The molecular formula is C16H21NO4. The Kier molecular flexibility index (Phi) is 5.64. The second kappa shape index (κ2) is 7.02. The summed E-state index contributed by atoms with van der Waals surface area (Å²) in [7, 11) is 1.43. The summed E-state index contributed by atoms with van der Waals surface area (Å²) < 4.78 is 0. The van der Waals surface area contributed by atoms with Crippen LogP contribution in [0.5, 0.6) is 0 Å². The van der Waals surface area contributed by atoms with E-state index >= 15 is 0 Å². The van der Waals surface area contributed by atoms with Crippen LogP contribution in [-0.2, 0) is 9.59 Å². The summed E-state index contributed by atoms with van der Waals surface area (Å²) in [5, 5.41) is 8.86. The third kappa shape index (κ3) is 4.41. The third-order valence-corrected chi connectivity index (χ3v) is 3.59. The highest BCUT2D eigenvalue weighted by Gasteiger charge is 2.22. The lowest BCUT2D eigenvalue weighted by atomic mass is 9.99. The molecule has 0 radical (unpaired) electrons. The fourth-order valence-corrected chi connectivity index (χ4v) is 1.95. The Labute approximate surface area is 124 Å². The molecule has 0 spiro atoms. The van der Waals surface area contributed by atoms with E-state index in [1.165, 1.54) is 14.0 Å². The van der Waals surface area contributed by atoms with Gasteiger partial charge >= 0.3 is 5.97 Å². The zero-order chi connectivity index (χ0) is 16.2. The Morgan fingerprint density at radius 3 is 2.38 bits per heavy atom. The number of hydrogen-bond donors (Lipinski definition) is 1. The van der Waals surface area contributed by atoms with E-state index in [1.807, 2.05) is 32.0 Å². The van der Waals surface area contributed by atoms with Crippen molar-refractivity contribution in [3.8, 4) is 0 Å². The molecule has 0 aliphatic heterocycles. The lowest BCUT2D eigenvalue weighted by molar-refractivity contribution is -0.148. The average Bonchev–Trinajstić information content (AvgIpc) is 2.45. The van der Waals surface area contributed by atoms with Gasteiger partial charge in [-0.3, -0.25) is 9.59 Å². The van der Waals surface area contributed by atoms with Gasteiger partial charge in [-0.2, -0.15) is 0 Å². The van der Waals surface area contributed by atoms with Crippen molar-refractivity contribution in [1.29, 1.82) is 0 Å². The van der Waals surface area contributed by atoms with E-state index < -0.39 is 12.0 Å². The summed E-state index contributed by atoms with van der Waals surface area (Å²) in [6.45, 7) is 5.20. The van der Waals surface area contributed by atoms with Crippen molar-refractivity contribution in [3.63, 3.8) is 0 Å². The average molecular weight is 291 g/mol. The number of benzene rings is 1. The highest BCUT2D eigenvalue weighted by molar-refractivity contribution is 5.99. The van der Waals surface area contributed by atoms with Crippen LogP contribution in [-0.4, -0.2) is 40.8 Å². The standard InChI is InChI=1S/C16H21NO4/c1-10-5-6-11(2)13(9-10)14(18)7-8-15(19)17(4)12(3)16(20)21/h5-6,9,12H,7-8H2,1-4H3,(H,20,21). The topological polar surface area (TPSA) is 74.7 Å². The molecule has 1 amide bonds. The van der Waals surface area contributed by atoms with Crippen LogP contribution in [0.1, 0.15) is 41.3 Å². The number of Topliss-reactive ketones (excluding diaryl/α,β-unsaturated/α-hetero) is 1. The van der Waals surface area contributed by atoms with Gasteiger partial charge in [-0.05, 0) is 32.4 Å². The van der Waals surface area contributed by atoms with Crippen LogP contribution in [0.25, 0.3) is 0 Å². The SMILES string of the molecule is Cc1ccc(C)c(C(=O)CCC(=O)N(C)C(C)C(=O)O)c1. The molecule has 0 aliphatic carbocycles. The first kappa shape index (κ1) is 16.9. The van der Waals surface area contributed by atoms with Gasteiger partial charge in [0.2, 0.25) is 5.91 Å². The molecule has 114 valence electrons. The van der Waals surface area contributed by atoms with E-state index in [4.69, 9.17) is 5.11 Å². The maximum atomic E-state index is 12.2. The number of carbonyl (C=O) groups is 3. The summed E-state index contributed by atoms with van der Waals surface area (Å²) in [6.07, 6.45) is 0.0974. The molecule has 0 fully saturated rings. The molecule has 0 heterocycles. The number of hydrogen-bond acceptors (Lipinski definition) is 3. The summed E-state index contributed by atoms with van der Waals surface area (Å²) in [5.74, 6) is -1.50. The zero-order valence-corrected chi connectivity index (χ0v) is 12.8. The number of carboxylic acids is 1. The monoisotopic (exact) mass is 291 g/mol. The van der Waals surface area contributed by atoms with Gasteiger partial charge < -0.3 is 10.0 Å². The molecule has 1 atom stereocenters. The molecule has 0 saturated heterocycles. The summed E-state index contributed by atoms with van der Waals surface area (Å²) >= 11 is 0. The van der Waals surface area contributed by atoms with Crippen molar-refractivity contribution >= 4 is 17.7 Å². The number of likely N-dealkylation sites (N-methyl/N-ethyl adjacent to an activating group) is 1. The van der Waals surface area contributed by atoms with E-state index in [0.29, 0.717) is 5.56 Å². The Morgan fingerprint density at radius 2 is 1.81 bits per heavy atom. The van der Waals surface area contributed by atoms with E-state index in [0.717, 1.165) is 16.0 Å². The fourth-order valence-electron chi connectivity index (χ4n) is 1.95. The molecule has 21 heavy (non-hydrogen) atoms. The van der Waals surface area contributed by atoms with Crippen molar-refractivity contribution in [3.05, 3.63) is 34.9 Å². The summed E-state index contributed by atoms with van der Waals surface area (Å²) in [6, 6.07) is 4.72. The highest BCUT2D eigenvalue weighted by atomic mass is 16.4. The van der Waals surface area contributed by atoms with E-state index in [1.54, 1.807) is 0 Å². The Morgan fingerprint density at radius 1 is 1.19 bits per heavy atom. The van der Waals surface area contributed by atoms with Gasteiger partial charge in [0.25, 0.3) is 0 Å². The first-order chi connectivity index (χ1) is 9.73. The minimum absolute atomic E-state index is 0.0142. The first-order valence-corrected chi connectivity index (χ1v) is 6.83. The normalized spacial score (nSPS) is 11.8. The van der Waals surface area contributed by atoms with Gasteiger partial charge in [0.1, 0.15) is 6.04 Å². The van der Waals surface area contributed by atoms with Crippen LogP contribution in [0, 0.1) is 13.8 Å². The van der Waals surface area contributed by atoms with Crippen LogP contribution in [0.3, 0.4) is 0 Å². The highest BCUT2D eigenvalue weighted by Crippen LogP contribution is 2.14. The fraction of sp³-hybridized carbons (Fsp3) is 0.438. The number of nitrogens with zero attached hydrogens (tertiary/aromatic N) is 1. The molecule has 0 aromatic heterocycles. The summed E-state index contributed by atoms with van der Waals surface area (Å²) in [5.41, 5.74) is 2.49. The molecular weight excluding hydrogens is 270 g/mol. The van der Waals surface area contributed by atoms with Crippen molar-refractivity contribution in [1.82, 2.24) is 4.90 Å². The zero-order valence-electron chi connectivity index (χ0n) is 12.8. The molecule has 1 unspecified atom stereocenters. The largest absolute Gasteiger partial charge is 0.480 e. The van der Waals surface area contributed by atoms with Gasteiger partial charge in [-0.15, -0.1) is 0 Å². The molecule has 0 saturated carbocycles.